The minimum absolute atomic E-state index is 0.365. The SMILES string of the molecule is CCCCCNc1c(Br)cc(Cl)cc1C(=O)NN. The molecule has 0 bridgehead atoms. The van der Waals surface area contributed by atoms with Gasteiger partial charge in [0, 0.05) is 16.0 Å². The minimum Gasteiger partial charge on any atom is -0.383 e. The number of nitrogens with two attached hydrogens (primary N) is 1. The second kappa shape index (κ2) is 7.61. The molecule has 6 heteroatoms. The summed E-state index contributed by atoms with van der Waals surface area (Å²) in [6.45, 7) is 2.95. The molecule has 1 rings (SSSR count). The number of carbonyl (C=O) groups excluding carboxylic acids is 1. The minimum atomic E-state index is -0.365. The highest BCUT2D eigenvalue weighted by molar-refractivity contribution is 9.10. The van der Waals surface area contributed by atoms with Gasteiger partial charge in [-0.05, 0) is 34.5 Å². The monoisotopic (exact) mass is 333 g/mol. The molecular formula is C12H17BrClN3O. The van der Waals surface area contributed by atoms with Crippen LogP contribution < -0.4 is 16.6 Å². The van der Waals surface area contributed by atoms with Crippen LogP contribution in [0.15, 0.2) is 16.6 Å². The van der Waals surface area contributed by atoms with Crippen LogP contribution in [-0.2, 0) is 0 Å². The van der Waals surface area contributed by atoms with E-state index in [0.29, 0.717) is 10.6 Å². The maximum absolute atomic E-state index is 11.7. The van der Waals surface area contributed by atoms with Crippen LogP contribution in [0.25, 0.3) is 0 Å². The summed E-state index contributed by atoms with van der Waals surface area (Å²) in [5.41, 5.74) is 3.28. The number of nitrogen functional groups attached to an aromatic ring is 1. The summed E-state index contributed by atoms with van der Waals surface area (Å²) in [6, 6.07) is 3.34. The molecule has 0 heterocycles. The number of carbonyl (C=O) groups is 1. The summed E-state index contributed by atoms with van der Waals surface area (Å²) in [5, 5.41) is 3.72. The maximum Gasteiger partial charge on any atom is 0.267 e. The first kappa shape index (κ1) is 15.3. The molecule has 0 aliphatic heterocycles. The molecule has 4 nitrogen and oxygen atoms in total. The topological polar surface area (TPSA) is 67.2 Å². The van der Waals surface area contributed by atoms with E-state index in [9.17, 15) is 4.79 Å². The van der Waals surface area contributed by atoms with E-state index in [-0.39, 0.29) is 5.91 Å². The van der Waals surface area contributed by atoms with E-state index in [4.69, 9.17) is 17.4 Å². The second-order valence-electron chi connectivity index (χ2n) is 3.92. The van der Waals surface area contributed by atoms with Gasteiger partial charge in [0.25, 0.3) is 5.91 Å². The molecule has 0 aliphatic carbocycles. The molecule has 0 unspecified atom stereocenters. The third-order valence-electron chi connectivity index (χ3n) is 2.51. The molecule has 1 amide bonds. The number of hydrazine groups is 1. The highest BCUT2D eigenvalue weighted by Gasteiger charge is 2.14. The second-order valence-corrected chi connectivity index (χ2v) is 5.21. The van der Waals surface area contributed by atoms with Crippen molar-refractivity contribution in [1.82, 2.24) is 5.43 Å². The van der Waals surface area contributed by atoms with Crippen molar-refractivity contribution in [2.75, 3.05) is 11.9 Å². The largest absolute Gasteiger partial charge is 0.383 e. The lowest BCUT2D eigenvalue weighted by molar-refractivity contribution is 0.0954. The Balaban J connectivity index is 2.90. The zero-order chi connectivity index (χ0) is 13.5. The van der Waals surface area contributed by atoms with Gasteiger partial charge in [0.15, 0.2) is 0 Å². The molecule has 1 aromatic carbocycles. The van der Waals surface area contributed by atoms with Crippen LogP contribution in [0.2, 0.25) is 5.02 Å². The molecule has 100 valence electrons. The molecule has 0 aromatic heterocycles. The normalized spacial score (nSPS) is 10.2. The van der Waals surface area contributed by atoms with E-state index in [1.54, 1.807) is 12.1 Å². The van der Waals surface area contributed by atoms with E-state index in [0.717, 1.165) is 36.0 Å². The zero-order valence-electron chi connectivity index (χ0n) is 10.2. The standard InChI is InChI=1S/C12H17BrClN3O/c1-2-3-4-5-16-11-9(12(18)17-15)6-8(14)7-10(11)13/h6-7,16H,2-5,15H2,1H3,(H,17,18). The molecule has 0 radical (unpaired) electrons. The fraction of sp³-hybridized carbons (Fsp3) is 0.417. The Morgan fingerprint density at radius 3 is 2.78 bits per heavy atom. The van der Waals surface area contributed by atoms with Gasteiger partial charge in [-0.2, -0.15) is 0 Å². The smallest absolute Gasteiger partial charge is 0.267 e. The molecule has 0 atom stereocenters. The molecule has 18 heavy (non-hydrogen) atoms. The van der Waals surface area contributed by atoms with Crippen molar-refractivity contribution in [3.05, 3.63) is 27.2 Å². The lowest BCUT2D eigenvalue weighted by Crippen LogP contribution is -2.30. The fourth-order valence-electron chi connectivity index (χ4n) is 1.60. The Labute approximate surface area is 120 Å². The van der Waals surface area contributed by atoms with Crippen LogP contribution in [0.1, 0.15) is 36.5 Å². The summed E-state index contributed by atoms with van der Waals surface area (Å²) in [5.74, 6) is 4.80. The van der Waals surface area contributed by atoms with Crippen LogP contribution in [0.3, 0.4) is 0 Å². The fourth-order valence-corrected chi connectivity index (χ4v) is 2.55. The third kappa shape index (κ3) is 4.15. The van der Waals surface area contributed by atoms with Gasteiger partial charge in [-0.15, -0.1) is 0 Å². The Kier molecular flexibility index (Phi) is 6.46. The Morgan fingerprint density at radius 1 is 1.44 bits per heavy atom. The highest BCUT2D eigenvalue weighted by Crippen LogP contribution is 2.30. The van der Waals surface area contributed by atoms with E-state index in [2.05, 4.69) is 33.6 Å². The van der Waals surface area contributed by atoms with Crippen LogP contribution in [0.4, 0.5) is 5.69 Å². The highest BCUT2D eigenvalue weighted by atomic mass is 79.9. The number of rotatable bonds is 6. The van der Waals surface area contributed by atoms with Crippen LogP contribution in [-0.4, -0.2) is 12.5 Å². The molecule has 4 N–H and O–H groups in total. The Bertz CT molecular complexity index is 426. The van der Waals surface area contributed by atoms with Gasteiger partial charge >= 0.3 is 0 Å². The summed E-state index contributed by atoms with van der Waals surface area (Å²) in [4.78, 5) is 11.7. The van der Waals surface area contributed by atoms with E-state index < -0.39 is 0 Å². The van der Waals surface area contributed by atoms with Gasteiger partial charge in [0.05, 0.1) is 11.3 Å². The molecule has 0 fully saturated rings. The first-order valence-corrected chi connectivity index (χ1v) is 7.01. The lowest BCUT2D eigenvalue weighted by atomic mass is 10.1. The number of benzene rings is 1. The predicted molar refractivity (Wildman–Crippen MR) is 78.8 cm³/mol. The van der Waals surface area contributed by atoms with Crippen molar-refractivity contribution in [1.29, 1.82) is 0 Å². The quantitative estimate of drug-likeness (QED) is 0.323. The van der Waals surface area contributed by atoms with E-state index in [1.165, 1.54) is 0 Å². The Hall–Kier alpha value is -0.780. The first-order valence-electron chi connectivity index (χ1n) is 5.84. The molecule has 0 saturated heterocycles. The summed E-state index contributed by atoms with van der Waals surface area (Å²) < 4.78 is 0.755. The summed E-state index contributed by atoms with van der Waals surface area (Å²) >= 11 is 9.33. The molecular weight excluding hydrogens is 318 g/mol. The van der Waals surface area contributed by atoms with E-state index >= 15 is 0 Å². The number of hydrogen-bond donors (Lipinski definition) is 3. The Morgan fingerprint density at radius 2 is 2.17 bits per heavy atom. The number of anilines is 1. The molecule has 1 aromatic rings. The summed E-state index contributed by atoms with van der Waals surface area (Å²) in [6.07, 6.45) is 3.35. The molecule has 0 spiro atoms. The van der Waals surface area contributed by atoms with Gasteiger partial charge < -0.3 is 5.32 Å². The number of hydrogen-bond acceptors (Lipinski definition) is 3. The third-order valence-corrected chi connectivity index (χ3v) is 3.36. The maximum atomic E-state index is 11.7. The van der Waals surface area contributed by atoms with Crippen LogP contribution in [0, 0.1) is 0 Å². The predicted octanol–water partition coefficient (Wildman–Crippen LogP) is 3.31. The van der Waals surface area contributed by atoms with Gasteiger partial charge in [-0.1, -0.05) is 31.4 Å². The first-order chi connectivity index (χ1) is 8.60. The van der Waals surface area contributed by atoms with Crippen molar-refractivity contribution in [2.24, 2.45) is 5.84 Å². The molecule has 0 saturated carbocycles. The zero-order valence-corrected chi connectivity index (χ0v) is 12.6. The van der Waals surface area contributed by atoms with Gasteiger partial charge in [-0.3, -0.25) is 10.2 Å². The van der Waals surface area contributed by atoms with Crippen molar-refractivity contribution < 1.29 is 4.79 Å². The van der Waals surface area contributed by atoms with Gasteiger partial charge in [0.1, 0.15) is 0 Å². The van der Waals surface area contributed by atoms with E-state index in [1.807, 2.05) is 0 Å². The van der Waals surface area contributed by atoms with Crippen LogP contribution in [0.5, 0.6) is 0 Å². The van der Waals surface area contributed by atoms with Gasteiger partial charge in [-0.25, -0.2) is 5.84 Å². The number of unbranched alkanes of at least 4 members (excludes halogenated alkanes) is 2. The van der Waals surface area contributed by atoms with Crippen molar-refractivity contribution >= 4 is 39.1 Å². The summed E-state index contributed by atoms with van der Waals surface area (Å²) in [7, 11) is 0. The number of amides is 1. The van der Waals surface area contributed by atoms with Crippen molar-refractivity contribution in [2.45, 2.75) is 26.2 Å². The van der Waals surface area contributed by atoms with Crippen molar-refractivity contribution in [3.63, 3.8) is 0 Å². The molecule has 0 aliphatic rings. The average Bonchev–Trinajstić information content (AvgIpc) is 2.35. The average molecular weight is 335 g/mol. The van der Waals surface area contributed by atoms with Crippen LogP contribution >= 0.6 is 27.5 Å². The number of nitrogens with one attached hydrogen (secondary N) is 2. The van der Waals surface area contributed by atoms with Crippen molar-refractivity contribution in [3.8, 4) is 0 Å². The van der Waals surface area contributed by atoms with Gasteiger partial charge in [0.2, 0.25) is 0 Å². The number of halogens is 2. The lowest BCUT2D eigenvalue weighted by Gasteiger charge is -2.13.